The molecule has 0 bridgehead atoms. The average Bonchev–Trinajstić information content (AvgIpc) is 2.66. The predicted octanol–water partition coefficient (Wildman–Crippen LogP) is 2.10. The Morgan fingerprint density at radius 2 is 1.62 bits per heavy atom. The number of benzene rings is 1. The van der Waals surface area contributed by atoms with Crippen LogP contribution in [0.4, 0.5) is 0 Å². The molecule has 1 aromatic rings. The fourth-order valence-electron chi connectivity index (χ4n) is 2.15. The van der Waals surface area contributed by atoms with Gasteiger partial charge >= 0.3 is 13.1 Å². The highest BCUT2D eigenvalue weighted by atomic mass is 16.7. The van der Waals surface area contributed by atoms with Gasteiger partial charge in [-0.25, -0.2) is 4.79 Å². The van der Waals surface area contributed by atoms with Crippen LogP contribution >= 0.6 is 0 Å². The van der Waals surface area contributed by atoms with Crippen LogP contribution in [-0.2, 0) is 14.0 Å². The van der Waals surface area contributed by atoms with Crippen LogP contribution in [0.2, 0.25) is 0 Å². The second-order valence-corrected chi connectivity index (χ2v) is 6.26. The fourth-order valence-corrected chi connectivity index (χ4v) is 2.15. The number of hydrogen-bond acceptors (Lipinski definition) is 5. The highest BCUT2D eigenvalue weighted by Gasteiger charge is 2.53. The molecule has 6 heteroatoms. The summed E-state index contributed by atoms with van der Waals surface area (Å²) in [5.41, 5.74) is 6.74. The SMILES string of the molecule is COC(=O)c1ccc([C@@H](N)B2OC(C)(C)C(C)(C)O2)cc1. The summed E-state index contributed by atoms with van der Waals surface area (Å²) in [4.78, 5) is 11.4. The molecule has 1 heterocycles. The number of esters is 1. The predicted molar refractivity (Wildman–Crippen MR) is 80.8 cm³/mol. The quantitative estimate of drug-likeness (QED) is 0.682. The van der Waals surface area contributed by atoms with Gasteiger partial charge in [-0.15, -0.1) is 0 Å². The maximum Gasteiger partial charge on any atom is 0.480 e. The Morgan fingerprint density at radius 3 is 2.05 bits per heavy atom. The van der Waals surface area contributed by atoms with E-state index in [-0.39, 0.29) is 5.97 Å². The van der Waals surface area contributed by atoms with Crippen molar-refractivity contribution >= 4 is 13.1 Å². The zero-order chi connectivity index (χ0) is 15.8. The third kappa shape index (κ3) is 2.97. The molecule has 0 spiro atoms. The maximum atomic E-state index is 11.4. The van der Waals surface area contributed by atoms with Crippen LogP contribution in [0, 0.1) is 0 Å². The molecular weight excluding hydrogens is 269 g/mol. The molecule has 114 valence electrons. The molecule has 5 nitrogen and oxygen atoms in total. The van der Waals surface area contributed by atoms with Gasteiger partial charge < -0.3 is 19.8 Å². The van der Waals surface area contributed by atoms with Crippen molar-refractivity contribution in [1.29, 1.82) is 0 Å². The summed E-state index contributed by atoms with van der Waals surface area (Å²) >= 11 is 0. The molecule has 0 amide bonds. The van der Waals surface area contributed by atoms with E-state index in [1.54, 1.807) is 24.3 Å². The third-order valence-corrected chi connectivity index (χ3v) is 4.28. The summed E-state index contributed by atoms with van der Waals surface area (Å²) in [6.07, 6.45) is 0. The highest BCUT2D eigenvalue weighted by molar-refractivity contribution is 6.47. The Hall–Kier alpha value is -1.37. The molecule has 1 aromatic carbocycles. The summed E-state index contributed by atoms with van der Waals surface area (Å²) in [5, 5.41) is 0. The molecule has 2 rings (SSSR count). The van der Waals surface area contributed by atoms with Gasteiger partial charge in [0, 0.05) is 0 Å². The van der Waals surface area contributed by atoms with E-state index in [9.17, 15) is 4.79 Å². The molecule has 0 aromatic heterocycles. The van der Waals surface area contributed by atoms with Gasteiger partial charge in [-0.2, -0.15) is 0 Å². The van der Waals surface area contributed by atoms with Crippen LogP contribution in [-0.4, -0.2) is 31.4 Å². The van der Waals surface area contributed by atoms with Gasteiger partial charge in [-0.1, -0.05) is 12.1 Å². The Kier molecular flexibility index (Phi) is 4.15. The van der Waals surface area contributed by atoms with E-state index in [2.05, 4.69) is 4.74 Å². The zero-order valence-corrected chi connectivity index (χ0v) is 13.2. The first kappa shape index (κ1) is 16.0. The number of methoxy groups -OCH3 is 1. The fraction of sp³-hybridized carbons (Fsp3) is 0.533. The lowest BCUT2D eigenvalue weighted by Crippen LogP contribution is -2.41. The van der Waals surface area contributed by atoms with Gasteiger partial charge in [-0.05, 0) is 45.4 Å². The zero-order valence-electron chi connectivity index (χ0n) is 13.2. The molecule has 1 saturated heterocycles. The van der Waals surface area contributed by atoms with E-state index in [4.69, 9.17) is 15.0 Å². The molecule has 1 fully saturated rings. The number of ether oxygens (including phenoxy) is 1. The van der Waals surface area contributed by atoms with Crippen LogP contribution in [0.3, 0.4) is 0 Å². The summed E-state index contributed by atoms with van der Waals surface area (Å²) in [5.74, 6) is -0.788. The van der Waals surface area contributed by atoms with Gasteiger partial charge in [0.15, 0.2) is 0 Å². The van der Waals surface area contributed by atoms with Gasteiger partial charge in [0.2, 0.25) is 0 Å². The van der Waals surface area contributed by atoms with Crippen molar-refractivity contribution in [3.63, 3.8) is 0 Å². The van der Waals surface area contributed by atoms with E-state index < -0.39 is 24.3 Å². The molecule has 0 aliphatic carbocycles. The van der Waals surface area contributed by atoms with Gasteiger partial charge in [0.1, 0.15) is 0 Å². The van der Waals surface area contributed by atoms with Crippen LogP contribution in [0.5, 0.6) is 0 Å². The highest BCUT2D eigenvalue weighted by Crippen LogP contribution is 2.39. The van der Waals surface area contributed by atoms with Crippen molar-refractivity contribution in [3.8, 4) is 0 Å². The largest absolute Gasteiger partial charge is 0.480 e. The number of hydrogen-bond donors (Lipinski definition) is 1. The van der Waals surface area contributed by atoms with Crippen LogP contribution in [0.1, 0.15) is 49.6 Å². The van der Waals surface area contributed by atoms with Crippen molar-refractivity contribution in [1.82, 2.24) is 0 Å². The van der Waals surface area contributed by atoms with E-state index in [0.717, 1.165) is 5.56 Å². The van der Waals surface area contributed by atoms with Crippen molar-refractivity contribution in [2.75, 3.05) is 7.11 Å². The summed E-state index contributed by atoms with van der Waals surface area (Å²) in [6.45, 7) is 7.94. The average molecular weight is 291 g/mol. The van der Waals surface area contributed by atoms with Gasteiger partial charge in [0.25, 0.3) is 0 Å². The Labute approximate surface area is 125 Å². The molecule has 2 N–H and O–H groups in total. The van der Waals surface area contributed by atoms with E-state index >= 15 is 0 Å². The number of carbonyl (C=O) groups is 1. The summed E-state index contributed by atoms with van der Waals surface area (Å²) in [6, 6.07) is 6.96. The number of rotatable bonds is 3. The molecule has 1 aliphatic rings. The lowest BCUT2D eigenvalue weighted by atomic mass is 9.75. The van der Waals surface area contributed by atoms with Crippen LogP contribution in [0.25, 0.3) is 0 Å². The molecule has 1 atom stereocenters. The summed E-state index contributed by atoms with van der Waals surface area (Å²) < 4.78 is 16.6. The first-order valence-corrected chi connectivity index (χ1v) is 6.97. The molecule has 1 aliphatic heterocycles. The number of carbonyl (C=O) groups excluding carboxylic acids is 1. The molecular formula is C15H22BNO4. The molecule has 0 radical (unpaired) electrons. The van der Waals surface area contributed by atoms with Crippen molar-refractivity contribution < 1.29 is 18.8 Å². The van der Waals surface area contributed by atoms with Crippen molar-refractivity contribution in [2.24, 2.45) is 5.73 Å². The van der Waals surface area contributed by atoms with Gasteiger partial charge in [-0.3, -0.25) is 0 Å². The smallest absolute Gasteiger partial charge is 0.465 e. The Bertz CT molecular complexity index is 511. The molecule has 21 heavy (non-hydrogen) atoms. The van der Waals surface area contributed by atoms with E-state index in [0.29, 0.717) is 5.56 Å². The minimum absolute atomic E-state index is 0.370. The van der Waals surface area contributed by atoms with Crippen LogP contribution in [0.15, 0.2) is 24.3 Å². The monoisotopic (exact) mass is 291 g/mol. The van der Waals surface area contributed by atoms with E-state index in [1.165, 1.54) is 7.11 Å². The van der Waals surface area contributed by atoms with Crippen molar-refractivity contribution in [3.05, 3.63) is 35.4 Å². The number of nitrogens with two attached hydrogens (primary N) is 1. The first-order valence-electron chi connectivity index (χ1n) is 6.97. The van der Waals surface area contributed by atoms with Gasteiger partial charge in [0.05, 0.1) is 29.8 Å². The maximum absolute atomic E-state index is 11.4. The van der Waals surface area contributed by atoms with Crippen molar-refractivity contribution in [2.45, 2.75) is 44.8 Å². The molecule has 0 unspecified atom stereocenters. The second-order valence-electron chi connectivity index (χ2n) is 6.26. The second kappa shape index (κ2) is 5.44. The normalized spacial score (nSPS) is 21.1. The lowest BCUT2D eigenvalue weighted by Gasteiger charge is -2.32. The minimum Gasteiger partial charge on any atom is -0.465 e. The molecule has 0 saturated carbocycles. The minimum atomic E-state index is -0.515. The Balaban J connectivity index is 2.14. The standard InChI is InChI=1S/C15H22BNO4/c1-14(2)15(3,4)21-16(20-14)12(17)10-6-8-11(9-7-10)13(18)19-5/h6-9,12H,17H2,1-5H3/t12-/m1/s1. The third-order valence-electron chi connectivity index (χ3n) is 4.28. The summed E-state index contributed by atoms with van der Waals surface area (Å²) in [7, 11) is 0.839. The lowest BCUT2D eigenvalue weighted by molar-refractivity contribution is 0.00578. The Morgan fingerprint density at radius 1 is 1.14 bits per heavy atom. The topological polar surface area (TPSA) is 70.8 Å². The van der Waals surface area contributed by atoms with E-state index in [1.807, 2.05) is 27.7 Å². The van der Waals surface area contributed by atoms with Crippen LogP contribution < -0.4 is 5.73 Å². The first-order chi connectivity index (χ1) is 9.68.